The van der Waals surface area contributed by atoms with E-state index in [1.807, 2.05) is 11.6 Å². The van der Waals surface area contributed by atoms with Gasteiger partial charge in [0.2, 0.25) is 0 Å². The first-order valence-electron chi connectivity index (χ1n) is 10.9. The van der Waals surface area contributed by atoms with E-state index in [1.165, 1.54) is 22.3 Å². The molecule has 3 rings (SSSR count). The van der Waals surface area contributed by atoms with Gasteiger partial charge in [0.15, 0.2) is 5.96 Å². The predicted octanol–water partition coefficient (Wildman–Crippen LogP) is 4.09. The van der Waals surface area contributed by atoms with Crippen LogP contribution < -0.4 is 10.6 Å². The number of aromatic nitrogens is 3. The Morgan fingerprint density at radius 2 is 1.88 bits per heavy atom. The Morgan fingerprint density at radius 3 is 2.59 bits per heavy atom. The van der Waals surface area contributed by atoms with Gasteiger partial charge < -0.3 is 15.4 Å². The lowest BCUT2D eigenvalue weighted by Crippen LogP contribution is -2.38. The lowest BCUT2D eigenvalue weighted by atomic mass is 9.98. The van der Waals surface area contributed by atoms with Gasteiger partial charge in [-0.1, -0.05) is 48.5 Å². The average molecular weight is 548 g/mol. The summed E-state index contributed by atoms with van der Waals surface area (Å²) in [7, 11) is 0. The first-order chi connectivity index (χ1) is 15.3. The van der Waals surface area contributed by atoms with Gasteiger partial charge in [-0.2, -0.15) is 5.10 Å². The molecule has 1 aromatic heterocycles. The van der Waals surface area contributed by atoms with Gasteiger partial charge >= 0.3 is 0 Å². The van der Waals surface area contributed by atoms with Crippen LogP contribution in [0.3, 0.4) is 0 Å². The highest BCUT2D eigenvalue weighted by Gasteiger charge is 2.06. The van der Waals surface area contributed by atoms with Crippen LogP contribution in [0.2, 0.25) is 0 Å². The fourth-order valence-corrected chi connectivity index (χ4v) is 3.26. The van der Waals surface area contributed by atoms with Crippen molar-refractivity contribution >= 4 is 29.9 Å². The van der Waals surface area contributed by atoms with Gasteiger partial charge in [0.1, 0.15) is 12.7 Å². The zero-order valence-electron chi connectivity index (χ0n) is 18.8. The Morgan fingerprint density at radius 1 is 1.06 bits per heavy atom. The molecule has 0 atom stereocenters. The molecule has 0 spiro atoms. The summed E-state index contributed by atoms with van der Waals surface area (Å²) in [6.45, 7) is 8.59. The third-order valence-corrected chi connectivity index (χ3v) is 4.81. The summed E-state index contributed by atoms with van der Waals surface area (Å²) in [5.41, 5.74) is 4.77. The minimum Gasteiger partial charge on any atom is -0.382 e. The van der Waals surface area contributed by atoms with E-state index in [0.29, 0.717) is 13.1 Å². The molecular formula is C24H33IN6O. The van der Waals surface area contributed by atoms with Crippen LogP contribution in [0, 0.1) is 0 Å². The SMILES string of the molecule is CCNC(=NCc1ccccc1-c1ccc(Cn2cncn2)cc1)NCCCOCC.I. The normalized spacial score (nSPS) is 11.1. The topological polar surface area (TPSA) is 76.4 Å². The molecule has 2 aromatic carbocycles. The van der Waals surface area contributed by atoms with Crippen molar-refractivity contribution < 1.29 is 4.74 Å². The van der Waals surface area contributed by atoms with E-state index in [2.05, 4.69) is 76.2 Å². The van der Waals surface area contributed by atoms with Gasteiger partial charge in [-0.25, -0.2) is 14.7 Å². The van der Waals surface area contributed by atoms with Crippen molar-refractivity contribution in [1.82, 2.24) is 25.4 Å². The molecule has 0 aliphatic rings. The van der Waals surface area contributed by atoms with Crippen LogP contribution in [-0.4, -0.2) is 47.0 Å². The number of nitrogens with zero attached hydrogens (tertiary/aromatic N) is 4. The molecule has 0 aliphatic heterocycles. The van der Waals surface area contributed by atoms with Crippen molar-refractivity contribution in [2.24, 2.45) is 4.99 Å². The second-order valence-corrected chi connectivity index (χ2v) is 7.12. The number of hydrogen-bond acceptors (Lipinski definition) is 4. The first-order valence-corrected chi connectivity index (χ1v) is 10.9. The Bertz CT molecular complexity index is 928. The molecule has 0 radical (unpaired) electrons. The third kappa shape index (κ3) is 8.23. The van der Waals surface area contributed by atoms with E-state index in [1.54, 1.807) is 12.7 Å². The van der Waals surface area contributed by atoms with E-state index >= 15 is 0 Å². The number of rotatable bonds is 11. The summed E-state index contributed by atoms with van der Waals surface area (Å²) < 4.78 is 7.22. The molecule has 0 unspecified atom stereocenters. The fraction of sp³-hybridized carbons (Fsp3) is 0.375. The Balaban J connectivity index is 0.00000363. The van der Waals surface area contributed by atoms with Crippen LogP contribution in [0.15, 0.2) is 66.2 Å². The van der Waals surface area contributed by atoms with Crippen molar-refractivity contribution in [1.29, 1.82) is 0 Å². The maximum atomic E-state index is 5.40. The lowest BCUT2D eigenvalue weighted by Gasteiger charge is -2.13. The van der Waals surface area contributed by atoms with E-state index in [4.69, 9.17) is 9.73 Å². The number of hydrogen-bond donors (Lipinski definition) is 2. The molecule has 1 heterocycles. The summed E-state index contributed by atoms with van der Waals surface area (Å²) in [6, 6.07) is 17.0. The molecule has 7 nitrogen and oxygen atoms in total. The van der Waals surface area contributed by atoms with E-state index in [-0.39, 0.29) is 24.0 Å². The number of benzene rings is 2. The maximum Gasteiger partial charge on any atom is 0.191 e. The molecule has 2 N–H and O–H groups in total. The molecule has 0 saturated carbocycles. The summed E-state index contributed by atoms with van der Waals surface area (Å²) in [5, 5.41) is 10.9. The largest absolute Gasteiger partial charge is 0.382 e. The average Bonchev–Trinajstić information content (AvgIpc) is 3.31. The highest BCUT2D eigenvalue weighted by molar-refractivity contribution is 14.0. The molecule has 0 saturated heterocycles. The monoisotopic (exact) mass is 548 g/mol. The maximum absolute atomic E-state index is 5.40. The first kappa shape index (κ1) is 25.8. The molecular weight excluding hydrogens is 515 g/mol. The molecule has 0 fully saturated rings. The molecule has 172 valence electrons. The van der Waals surface area contributed by atoms with Gasteiger partial charge in [-0.3, -0.25) is 0 Å². The van der Waals surface area contributed by atoms with Crippen LogP contribution in [0.4, 0.5) is 0 Å². The zero-order valence-corrected chi connectivity index (χ0v) is 21.2. The second kappa shape index (κ2) is 14.6. The predicted molar refractivity (Wildman–Crippen MR) is 140 cm³/mol. The minimum atomic E-state index is 0. The van der Waals surface area contributed by atoms with Crippen LogP contribution in [0.25, 0.3) is 11.1 Å². The quantitative estimate of drug-likeness (QED) is 0.163. The molecule has 3 aromatic rings. The fourth-order valence-electron chi connectivity index (χ4n) is 3.26. The van der Waals surface area contributed by atoms with Crippen LogP contribution >= 0.6 is 24.0 Å². The van der Waals surface area contributed by atoms with Crippen LogP contribution in [0.1, 0.15) is 31.4 Å². The van der Waals surface area contributed by atoms with E-state index in [9.17, 15) is 0 Å². The molecule has 8 heteroatoms. The Hall–Kier alpha value is -2.46. The van der Waals surface area contributed by atoms with Gasteiger partial charge in [0, 0.05) is 26.3 Å². The second-order valence-electron chi connectivity index (χ2n) is 7.12. The molecule has 0 bridgehead atoms. The van der Waals surface area contributed by atoms with Crippen molar-refractivity contribution in [3.8, 4) is 11.1 Å². The van der Waals surface area contributed by atoms with Gasteiger partial charge in [0.25, 0.3) is 0 Å². The number of ether oxygens (including phenoxy) is 1. The van der Waals surface area contributed by atoms with Crippen molar-refractivity contribution in [3.63, 3.8) is 0 Å². The number of nitrogens with one attached hydrogen (secondary N) is 2. The highest BCUT2D eigenvalue weighted by Crippen LogP contribution is 2.25. The van der Waals surface area contributed by atoms with E-state index < -0.39 is 0 Å². The molecule has 32 heavy (non-hydrogen) atoms. The summed E-state index contributed by atoms with van der Waals surface area (Å²) in [6.07, 6.45) is 4.24. The number of halogens is 1. The van der Waals surface area contributed by atoms with Crippen molar-refractivity contribution in [2.75, 3.05) is 26.3 Å². The smallest absolute Gasteiger partial charge is 0.191 e. The third-order valence-electron chi connectivity index (χ3n) is 4.81. The summed E-state index contributed by atoms with van der Waals surface area (Å²) in [5.74, 6) is 0.831. The van der Waals surface area contributed by atoms with Gasteiger partial charge in [0.05, 0.1) is 13.1 Å². The minimum absolute atomic E-state index is 0. The zero-order chi connectivity index (χ0) is 21.7. The number of aliphatic imine (C=N–C) groups is 1. The summed E-state index contributed by atoms with van der Waals surface area (Å²) >= 11 is 0. The van der Waals surface area contributed by atoms with E-state index in [0.717, 1.165) is 38.7 Å². The molecule has 0 aliphatic carbocycles. The number of guanidine groups is 1. The van der Waals surface area contributed by atoms with Gasteiger partial charge in [-0.15, -0.1) is 24.0 Å². The van der Waals surface area contributed by atoms with Crippen LogP contribution in [0.5, 0.6) is 0 Å². The Kier molecular flexibility index (Phi) is 11.7. The van der Waals surface area contributed by atoms with Gasteiger partial charge in [-0.05, 0) is 42.5 Å². The van der Waals surface area contributed by atoms with Crippen molar-refractivity contribution in [2.45, 2.75) is 33.4 Å². The van der Waals surface area contributed by atoms with Crippen molar-refractivity contribution in [3.05, 3.63) is 72.3 Å². The standard InChI is InChI=1S/C24H32N6O.HI/c1-3-26-24(27-14-7-15-31-4-2)28-16-22-8-5-6-9-23(22)21-12-10-20(11-13-21)17-30-19-25-18-29-30;/h5-6,8-13,18-19H,3-4,7,14-17H2,1-2H3,(H2,26,27,28);1H. The molecule has 0 amide bonds. The summed E-state index contributed by atoms with van der Waals surface area (Å²) in [4.78, 5) is 8.79. The van der Waals surface area contributed by atoms with Crippen LogP contribution in [-0.2, 0) is 17.8 Å². The highest BCUT2D eigenvalue weighted by atomic mass is 127. The lowest BCUT2D eigenvalue weighted by molar-refractivity contribution is 0.145. The Labute approximate surface area is 207 Å².